The van der Waals surface area contributed by atoms with Gasteiger partial charge in [0.25, 0.3) is 0 Å². The summed E-state index contributed by atoms with van der Waals surface area (Å²) in [5, 5.41) is 0. The lowest BCUT2D eigenvalue weighted by Gasteiger charge is -2.32. The van der Waals surface area contributed by atoms with E-state index in [0.29, 0.717) is 39.7 Å². The number of aromatic amines is 1. The van der Waals surface area contributed by atoms with Gasteiger partial charge in [0.1, 0.15) is 13.8 Å². The van der Waals surface area contributed by atoms with Crippen LogP contribution in [0.15, 0.2) is 110 Å². The first kappa shape index (κ1) is 70.5. The number of benzene rings is 2. The van der Waals surface area contributed by atoms with E-state index < -0.39 is 38.4 Å². The SMILES string of the molecule is Brc1cnc[nH]1.CC(C)Br.CC(C)n1cnc(Br)c1.CC(C)n1cnc(Br)c1.CNS(=O)(=O)c1ccc(CC2CCCCC2)c(-c2cn(C(C)C)cn2)c1.CNS(=O)(=O)c1ccc(CC2CCCCC2)c(B2OC(C)(C)C(C)(C)O2)c1. The van der Waals surface area contributed by atoms with Crippen LogP contribution in [0, 0.1) is 11.8 Å². The number of sulfonamides is 2. The van der Waals surface area contributed by atoms with Crippen molar-refractivity contribution in [2.75, 3.05) is 14.1 Å². The van der Waals surface area contributed by atoms with Gasteiger partial charge in [0, 0.05) is 47.1 Å². The van der Waals surface area contributed by atoms with Crippen molar-refractivity contribution in [3.63, 3.8) is 0 Å². The van der Waals surface area contributed by atoms with Gasteiger partial charge in [0.2, 0.25) is 20.0 Å². The van der Waals surface area contributed by atoms with Crippen LogP contribution in [-0.4, -0.2) is 92.7 Å². The zero-order valence-electron chi connectivity index (χ0n) is 50.0. The summed E-state index contributed by atoms with van der Waals surface area (Å²) in [5.74, 6) is 1.33. The van der Waals surface area contributed by atoms with Gasteiger partial charge in [-0.1, -0.05) is 106 Å². The summed E-state index contributed by atoms with van der Waals surface area (Å²) in [6.07, 6.45) is 29.4. The Morgan fingerprint density at radius 2 is 1.04 bits per heavy atom. The largest absolute Gasteiger partial charge is 0.495 e. The highest BCUT2D eigenvalue weighted by molar-refractivity contribution is 9.11. The number of aromatic nitrogens is 8. The minimum absolute atomic E-state index is 0.252. The lowest BCUT2D eigenvalue weighted by atomic mass is 9.73. The van der Waals surface area contributed by atoms with Crippen molar-refractivity contribution in [3.8, 4) is 11.3 Å². The molecular formula is C58H89BBr4N10O6S2. The molecule has 2 aliphatic carbocycles. The molecule has 6 aromatic rings. The molecule has 2 aromatic carbocycles. The predicted molar refractivity (Wildman–Crippen MR) is 344 cm³/mol. The van der Waals surface area contributed by atoms with Crippen molar-refractivity contribution in [1.29, 1.82) is 0 Å². The summed E-state index contributed by atoms with van der Waals surface area (Å²) < 4.78 is 75.3. The van der Waals surface area contributed by atoms with Gasteiger partial charge in [0.05, 0.1) is 58.2 Å². The second-order valence-corrected chi connectivity index (χ2v) is 30.9. The molecule has 0 atom stereocenters. The number of nitrogens with zero attached hydrogens (tertiary/aromatic N) is 7. The first-order valence-corrected chi connectivity index (χ1v) is 34.4. The fraction of sp³-hybridized carbons (Fsp3) is 0.586. The number of hydrogen-bond acceptors (Lipinski definition) is 10. The summed E-state index contributed by atoms with van der Waals surface area (Å²) in [4.78, 5) is 20.3. The monoisotopic (exact) mass is 1410 g/mol. The van der Waals surface area contributed by atoms with Crippen LogP contribution in [0.5, 0.6) is 0 Å². The molecule has 450 valence electrons. The molecule has 3 fully saturated rings. The van der Waals surface area contributed by atoms with Crippen LogP contribution in [0.1, 0.15) is 177 Å². The summed E-state index contributed by atoms with van der Waals surface area (Å²) in [6.45, 7) is 24.9. The van der Waals surface area contributed by atoms with E-state index in [4.69, 9.17) is 9.31 Å². The average Bonchev–Trinajstić information content (AvgIpc) is 4.50. The fourth-order valence-corrected chi connectivity index (χ4v) is 11.5. The third kappa shape index (κ3) is 22.7. The van der Waals surface area contributed by atoms with Gasteiger partial charge in [-0.15, -0.1) is 0 Å². The Hall–Kier alpha value is -3.00. The standard InChI is InChI=1S/C20H32BNO4S.C20H29N3O2S.2C6H9BrN2.C3H3BrN2.C3H7Br/c1-19(2)20(3,4)26-21(25-19)18-14-17(27(23,24)22-5)12-11-16(18)13-15-9-7-6-8-10-15;1-15(2)23-13-20(22-14-23)19-12-18(26(24,25)21-3)10-9-17(19)11-16-7-5-4-6-8-16;2*1-5(2)9-3-6(7)8-4-9;4-3-1-5-2-6-3;1-3(2)4/h11-12,14-15,22H,6-10,13H2,1-5H3;9-10,12-16,21H,4-8,11H2,1-3H3;2*3-5H,1-2H3;1-2H,(H,5,6);3H,1-2H3. The van der Waals surface area contributed by atoms with E-state index in [1.165, 1.54) is 83.9 Å². The first-order valence-electron chi connectivity index (χ1n) is 28.2. The van der Waals surface area contributed by atoms with E-state index in [2.05, 4.69) is 158 Å². The molecule has 81 heavy (non-hydrogen) atoms. The molecule has 9 rings (SSSR count). The van der Waals surface area contributed by atoms with E-state index in [1.807, 2.05) is 86.5 Å². The molecular weight excluding hydrogens is 1330 g/mol. The maximum atomic E-state index is 12.3. The first-order chi connectivity index (χ1) is 38.0. The van der Waals surface area contributed by atoms with Crippen LogP contribution in [0.3, 0.4) is 0 Å². The molecule has 3 N–H and O–H groups in total. The van der Waals surface area contributed by atoms with Crippen molar-refractivity contribution in [1.82, 2.24) is 48.1 Å². The molecule has 0 radical (unpaired) electrons. The Balaban J connectivity index is 0.000000238. The van der Waals surface area contributed by atoms with Gasteiger partial charge in [0.15, 0.2) is 0 Å². The van der Waals surface area contributed by atoms with Crippen molar-refractivity contribution in [2.24, 2.45) is 11.8 Å². The lowest BCUT2D eigenvalue weighted by Crippen LogP contribution is -2.41. The Morgan fingerprint density at radius 1 is 0.630 bits per heavy atom. The van der Waals surface area contributed by atoms with Crippen LogP contribution in [0.25, 0.3) is 11.3 Å². The van der Waals surface area contributed by atoms with E-state index in [0.717, 1.165) is 48.9 Å². The molecule has 23 heteroatoms. The quantitative estimate of drug-likeness (QED) is 0.0740. The summed E-state index contributed by atoms with van der Waals surface area (Å²) in [7, 11) is -4.67. The molecule has 1 saturated heterocycles. The number of alkyl halides is 1. The smallest absolute Gasteiger partial charge is 0.399 e. The highest BCUT2D eigenvalue weighted by Gasteiger charge is 2.52. The van der Waals surface area contributed by atoms with Gasteiger partial charge in [-0.25, -0.2) is 46.2 Å². The molecule has 2 saturated carbocycles. The van der Waals surface area contributed by atoms with Crippen molar-refractivity contribution in [3.05, 3.63) is 111 Å². The fourth-order valence-electron chi connectivity index (χ4n) is 9.08. The Bertz CT molecular complexity index is 2960. The Labute approximate surface area is 519 Å². The summed E-state index contributed by atoms with van der Waals surface area (Å²) in [5.41, 5.74) is 4.03. The van der Waals surface area contributed by atoms with Crippen LogP contribution in [-0.2, 0) is 42.2 Å². The molecule has 0 bridgehead atoms. The Kier molecular flexibility index (Phi) is 28.8. The van der Waals surface area contributed by atoms with E-state index in [9.17, 15) is 16.8 Å². The number of halogens is 4. The van der Waals surface area contributed by atoms with Gasteiger partial charge in [-0.2, -0.15) is 0 Å². The third-order valence-electron chi connectivity index (χ3n) is 14.6. The zero-order valence-corrected chi connectivity index (χ0v) is 58.0. The molecule has 3 aliphatic rings. The second kappa shape index (κ2) is 33.1. The topological polar surface area (TPSA) is 193 Å². The normalized spacial score (nSPS) is 16.3. The minimum Gasteiger partial charge on any atom is -0.399 e. The van der Waals surface area contributed by atoms with Crippen LogP contribution < -0.4 is 14.9 Å². The Morgan fingerprint density at radius 3 is 1.38 bits per heavy atom. The van der Waals surface area contributed by atoms with E-state index >= 15 is 0 Å². The van der Waals surface area contributed by atoms with Gasteiger partial charge in [-0.05, 0) is 197 Å². The van der Waals surface area contributed by atoms with Gasteiger partial charge in [-0.3, -0.25) is 0 Å². The summed E-state index contributed by atoms with van der Waals surface area (Å²) in [6, 6.07) is 12.2. The maximum Gasteiger partial charge on any atom is 0.495 e. The number of imidazole rings is 4. The molecule has 4 aromatic heterocycles. The lowest BCUT2D eigenvalue weighted by molar-refractivity contribution is 0.00578. The maximum absolute atomic E-state index is 12.3. The third-order valence-corrected chi connectivity index (χ3v) is 18.7. The highest BCUT2D eigenvalue weighted by atomic mass is 79.9. The van der Waals surface area contributed by atoms with Crippen molar-refractivity contribution >= 4 is 96.3 Å². The zero-order chi connectivity index (χ0) is 60.3. The minimum atomic E-state index is -3.52. The number of H-pyrrole nitrogens is 1. The number of rotatable bonds is 13. The molecule has 0 amide bonds. The van der Waals surface area contributed by atoms with Crippen LogP contribution >= 0.6 is 63.7 Å². The molecule has 16 nitrogen and oxygen atoms in total. The predicted octanol–water partition coefficient (Wildman–Crippen LogP) is 14.6. The van der Waals surface area contributed by atoms with Crippen LogP contribution in [0.2, 0.25) is 0 Å². The molecule has 0 spiro atoms. The van der Waals surface area contributed by atoms with E-state index in [-0.39, 0.29) is 4.90 Å². The highest BCUT2D eigenvalue weighted by Crippen LogP contribution is 2.38. The van der Waals surface area contributed by atoms with Crippen LogP contribution in [0.4, 0.5) is 0 Å². The number of hydrogen-bond donors (Lipinski definition) is 3. The summed E-state index contributed by atoms with van der Waals surface area (Å²) >= 11 is 13.0. The second-order valence-electron chi connectivity index (χ2n) is 22.8. The molecule has 0 unspecified atom stereocenters. The molecule has 1 aliphatic heterocycles. The van der Waals surface area contributed by atoms with Gasteiger partial charge >= 0.3 is 7.12 Å². The number of nitrogens with one attached hydrogen (secondary N) is 3. The van der Waals surface area contributed by atoms with Crippen molar-refractivity contribution < 1.29 is 26.1 Å². The average molecular weight is 1420 g/mol. The van der Waals surface area contributed by atoms with Gasteiger partial charge < -0.3 is 28.0 Å². The van der Waals surface area contributed by atoms with E-state index in [1.54, 1.807) is 36.8 Å². The van der Waals surface area contributed by atoms with Crippen molar-refractivity contribution in [2.45, 2.75) is 204 Å². The molecule has 5 heterocycles.